The van der Waals surface area contributed by atoms with E-state index in [9.17, 15) is 9.59 Å². The van der Waals surface area contributed by atoms with Crippen LogP contribution in [0.25, 0.3) is 5.69 Å². The van der Waals surface area contributed by atoms with Gasteiger partial charge in [-0.1, -0.05) is 18.2 Å². The van der Waals surface area contributed by atoms with Gasteiger partial charge in [0.2, 0.25) is 0 Å². The zero-order valence-corrected chi connectivity index (χ0v) is 17.2. The minimum atomic E-state index is -0.367. The number of aromatic amines is 1. The van der Waals surface area contributed by atoms with E-state index in [0.29, 0.717) is 22.9 Å². The first-order valence-corrected chi connectivity index (χ1v) is 10.5. The summed E-state index contributed by atoms with van der Waals surface area (Å²) >= 11 is 1.47. The number of nitrogens with zero attached hydrogens (tertiary/aromatic N) is 3. The molecular weight excluding hydrogens is 388 g/mol. The van der Waals surface area contributed by atoms with Crippen LogP contribution in [0.5, 0.6) is 0 Å². The van der Waals surface area contributed by atoms with Gasteiger partial charge in [0.25, 0.3) is 5.56 Å². The lowest BCUT2D eigenvalue weighted by molar-refractivity contribution is 0.0526. The molecule has 1 aliphatic carbocycles. The Kier molecular flexibility index (Phi) is 5.44. The smallest absolute Gasteiger partial charge is 0.341 e. The van der Waals surface area contributed by atoms with Crippen molar-refractivity contribution in [1.29, 1.82) is 0 Å². The number of carbonyl (C=O) groups is 1. The number of fused-ring (bicyclic) bond motifs is 1. The number of azo groups is 1. The first-order valence-electron chi connectivity index (χ1n) is 9.70. The number of aromatic nitrogens is 2. The van der Waals surface area contributed by atoms with Crippen molar-refractivity contribution in [2.24, 2.45) is 10.2 Å². The van der Waals surface area contributed by atoms with Crippen molar-refractivity contribution in [2.45, 2.75) is 39.5 Å². The number of para-hydroxylation sites is 1. The summed E-state index contributed by atoms with van der Waals surface area (Å²) in [5.41, 5.74) is 2.82. The van der Waals surface area contributed by atoms with Gasteiger partial charge in [-0.05, 0) is 57.2 Å². The van der Waals surface area contributed by atoms with E-state index in [1.807, 2.05) is 30.3 Å². The van der Waals surface area contributed by atoms with Gasteiger partial charge < -0.3 is 4.74 Å². The zero-order chi connectivity index (χ0) is 20.4. The highest BCUT2D eigenvalue weighted by molar-refractivity contribution is 7.16. The molecule has 0 bridgehead atoms. The van der Waals surface area contributed by atoms with Crippen LogP contribution in [-0.4, -0.2) is 22.4 Å². The van der Waals surface area contributed by atoms with Gasteiger partial charge in [-0.2, -0.15) is 0 Å². The number of rotatable bonds is 5. The molecule has 3 aromatic rings. The topological polar surface area (TPSA) is 88.8 Å². The van der Waals surface area contributed by atoms with Crippen molar-refractivity contribution in [3.8, 4) is 5.69 Å². The molecule has 1 aliphatic rings. The Bertz CT molecular complexity index is 1120. The van der Waals surface area contributed by atoms with E-state index in [1.165, 1.54) is 20.9 Å². The highest BCUT2D eigenvalue weighted by Gasteiger charge is 2.26. The maximum absolute atomic E-state index is 12.8. The van der Waals surface area contributed by atoms with Gasteiger partial charge >= 0.3 is 5.97 Å². The van der Waals surface area contributed by atoms with Crippen LogP contribution in [0.15, 0.2) is 45.4 Å². The van der Waals surface area contributed by atoms with Crippen LogP contribution in [-0.2, 0) is 17.6 Å². The van der Waals surface area contributed by atoms with Crippen LogP contribution in [0.4, 0.5) is 10.7 Å². The fourth-order valence-electron chi connectivity index (χ4n) is 3.55. The maximum atomic E-state index is 12.8. The third kappa shape index (κ3) is 3.67. The van der Waals surface area contributed by atoms with Crippen molar-refractivity contribution < 1.29 is 9.53 Å². The summed E-state index contributed by atoms with van der Waals surface area (Å²) in [4.78, 5) is 26.5. The number of carbonyl (C=O) groups excluding carboxylic acids is 1. The third-order valence-corrected chi connectivity index (χ3v) is 6.10. The highest BCUT2D eigenvalue weighted by atomic mass is 32.1. The molecule has 29 heavy (non-hydrogen) atoms. The fraction of sp³-hybridized carbons (Fsp3) is 0.333. The van der Waals surface area contributed by atoms with Crippen molar-refractivity contribution >= 4 is 28.0 Å². The van der Waals surface area contributed by atoms with Crippen LogP contribution < -0.4 is 5.56 Å². The van der Waals surface area contributed by atoms with Crippen LogP contribution in [0.2, 0.25) is 0 Å². The molecule has 0 unspecified atom stereocenters. The number of H-pyrrole nitrogens is 1. The monoisotopic (exact) mass is 410 g/mol. The summed E-state index contributed by atoms with van der Waals surface area (Å²) in [7, 11) is 0. The van der Waals surface area contributed by atoms with E-state index in [4.69, 9.17) is 4.74 Å². The number of nitrogens with one attached hydrogen (secondary N) is 1. The second kappa shape index (κ2) is 8.16. The third-order valence-electron chi connectivity index (χ3n) is 4.93. The normalized spacial score (nSPS) is 13.6. The Balaban J connectivity index is 1.74. The van der Waals surface area contributed by atoms with E-state index >= 15 is 0 Å². The fourth-order valence-corrected chi connectivity index (χ4v) is 4.74. The molecule has 0 spiro atoms. The summed E-state index contributed by atoms with van der Waals surface area (Å²) in [6.07, 6.45) is 3.93. The van der Waals surface area contributed by atoms with E-state index in [-0.39, 0.29) is 17.2 Å². The number of hydrogen-bond donors (Lipinski definition) is 1. The number of benzene rings is 1. The van der Waals surface area contributed by atoms with Crippen molar-refractivity contribution in [3.63, 3.8) is 0 Å². The SMILES string of the molecule is CCOC(=O)c1c(N=Nc2c(C)[nH]n(-c3ccccc3)c2=O)sc2c1CCCC2. The molecular formula is C21H22N4O3S. The van der Waals surface area contributed by atoms with Gasteiger partial charge in [0.05, 0.1) is 18.0 Å². The van der Waals surface area contributed by atoms with Crippen LogP contribution in [0.1, 0.15) is 46.3 Å². The number of esters is 1. The molecule has 0 atom stereocenters. The minimum absolute atomic E-state index is 0.232. The van der Waals surface area contributed by atoms with Crippen molar-refractivity contribution in [1.82, 2.24) is 9.78 Å². The molecule has 4 rings (SSSR count). The van der Waals surface area contributed by atoms with Crippen molar-refractivity contribution in [2.75, 3.05) is 6.61 Å². The molecule has 8 heteroatoms. The lowest BCUT2D eigenvalue weighted by atomic mass is 9.95. The molecule has 2 heterocycles. The molecule has 2 aromatic heterocycles. The summed E-state index contributed by atoms with van der Waals surface area (Å²) in [6.45, 7) is 3.87. The lowest BCUT2D eigenvalue weighted by Gasteiger charge is -2.11. The maximum Gasteiger partial charge on any atom is 0.341 e. The molecule has 1 N–H and O–H groups in total. The quantitative estimate of drug-likeness (QED) is 0.474. The standard InChI is InChI=1S/C21H22N4O3S/c1-3-28-21(27)17-15-11-7-8-12-16(15)29-19(17)23-22-18-13(2)24-25(20(18)26)14-9-5-4-6-10-14/h4-6,9-10,24H,3,7-8,11-12H2,1-2H3. The number of hydrogen-bond acceptors (Lipinski definition) is 6. The van der Waals surface area contributed by atoms with Gasteiger partial charge in [0.15, 0.2) is 10.7 Å². The summed E-state index contributed by atoms with van der Waals surface area (Å²) in [5.74, 6) is -0.367. The Morgan fingerprint density at radius 2 is 1.97 bits per heavy atom. The number of thiophene rings is 1. The molecule has 0 fully saturated rings. The second-order valence-electron chi connectivity index (χ2n) is 6.87. The molecule has 7 nitrogen and oxygen atoms in total. The molecule has 1 aromatic carbocycles. The van der Waals surface area contributed by atoms with E-state index < -0.39 is 0 Å². The first kappa shape index (κ1) is 19.3. The Hall–Kier alpha value is -3.00. The van der Waals surface area contributed by atoms with Crippen molar-refractivity contribution in [3.05, 3.63) is 62.4 Å². The van der Waals surface area contributed by atoms with E-state index in [0.717, 1.165) is 36.9 Å². The average molecular weight is 410 g/mol. The zero-order valence-electron chi connectivity index (χ0n) is 16.4. The first-order chi connectivity index (χ1) is 14.1. The second-order valence-corrected chi connectivity index (χ2v) is 7.96. The van der Waals surface area contributed by atoms with Gasteiger partial charge in [0, 0.05) is 4.88 Å². The Morgan fingerprint density at radius 1 is 1.21 bits per heavy atom. The molecule has 0 saturated carbocycles. The van der Waals surface area contributed by atoms with Gasteiger partial charge in [-0.15, -0.1) is 21.6 Å². The van der Waals surface area contributed by atoms with E-state index in [2.05, 4.69) is 15.3 Å². The van der Waals surface area contributed by atoms with Crippen LogP contribution in [0.3, 0.4) is 0 Å². The Labute approximate surface area is 172 Å². The predicted molar refractivity (Wildman–Crippen MR) is 112 cm³/mol. The largest absolute Gasteiger partial charge is 0.462 e. The molecule has 0 saturated heterocycles. The van der Waals surface area contributed by atoms with Gasteiger partial charge in [-0.25, -0.2) is 9.48 Å². The van der Waals surface area contributed by atoms with E-state index in [1.54, 1.807) is 13.8 Å². The van der Waals surface area contributed by atoms with Gasteiger partial charge in [0.1, 0.15) is 5.56 Å². The predicted octanol–water partition coefficient (Wildman–Crippen LogP) is 5.01. The average Bonchev–Trinajstić information content (AvgIpc) is 3.24. The minimum Gasteiger partial charge on any atom is -0.462 e. The molecule has 0 aliphatic heterocycles. The Morgan fingerprint density at radius 3 is 2.72 bits per heavy atom. The van der Waals surface area contributed by atoms with Gasteiger partial charge in [-0.3, -0.25) is 9.89 Å². The number of aryl methyl sites for hydroxylation is 2. The molecule has 150 valence electrons. The summed E-state index contributed by atoms with van der Waals surface area (Å²) < 4.78 is 6.69. The molecule has 0 amide bonds. The molecule has 0 radical (unpaired) electrons. The summed E-state index contributed by atoms with van der Waals surface area (Å²) in [5, 5.41) is 12.1. The van der Waals surface area contributed by atoms with Crippen LogP contribution >= 0.6 is 11.3 Å². The number of ether oxygens (including phenoxy) is 1. The highest BCUT2D eigenvalue weighted by Crippen LogP contribution is 2.40. The lowest BCUT2D eigenvalue weighted by Crippen LogP contribution is -2.13. The summed E-state index contributed by atoms with van der Waals surface area (Å²) in [6, 6.07) is 9.29. The van der Waals surface area contributed by atoms with Crippen LogP contribution in [0, 0.1) is 6.92 Å².